The van der Waals surface area contributed by atoms with Crippen molar-refractivity contribution in [2.45, 2.75) is 6.92 Å². The van der Waals surface area contributed by atoms with Crippen LogP contribution in [-0.2, 0) is 0 Å². The van der Waals surface area contributed by atoms with Crippen molar-refractivity contribution in [3.63, 3.8) is 0 Å². The summed E-state index contributed by atoms with van der Waals surface area (Å²) in [5, 5.41) is 11.5. The largest absolute Gasteiger partial charge is 0.368 e. The Balaban J connectivity index is 1.34. The molecule has 2 heterocycles. The molecule has 0 unspecified atom stereocenters. The highest BCUT2D eigenvalue weighted by Crippen LogP contribution is 2.18. The number of nitrogens with zero attached hydrogens (tertiary/aromatic N) is 4. The van der Waals surface area contributed by atoms with Crippen LogP contribution in [0.5, 0.6) is 0 Å². The Morgan fingerprint density at radius 2 is 1.62 bits per heavy atom. The fourth-order valence-corrected chi connectivity index (χ4v) is 3.84. The van der Waals surface area contributed by atoms with Crippen LogP contribution in [0.1, 0.15) is 25.2 Å². The van der Waals surface area contributed by atoms with E-state index in [0.717, 1.165) is 18.1 Å². The third-order valence-electron chi connectivity index (χ3n) is 4.80. The fourth-order valence-electron chi connectivity index (χ4n) is 3.26. The normalized spacial score (nSPS) is 14.0. The molecule has 1 saturated heterocycles. The second kappa shape index (κ2) is 8.40. The summed E-state index contributed by atoms with van der Waals surface area (Å²) in [6.07, 6.45) is 0. The molecule has 8 heteroatoms. The van der Waals surface area contributed by atoms with Crippen LogP contribution in [0.3, 0.4) is 0 Å². The van der Waals surface area contributed by atoms with Gasteiger partial charge in [-0.1, -0.05) is 29.5 Å². The Bertz CT molecular complexity index is 995. The molecule has 0 aliphatic carbocycles. The van der Waals surface area contributed by atoms with Crippen molar-refractivity contribution in [1.29, 1.82) is 0 Å². The monoisotopic (exact) mass is 407 g/mol. The number of amides is 2. The number of rotatable bonds is 4. The predicted molar refractivity (Wildman–Crippen MR) is 114 cm³/mol. The zero-order chi connectivity index (χ0) is 20.2. The Labute approximate surface area is 173 Å². The maximum atomic E-state index is 12.8. The van der Waals surface area contributed by atoms with Crippen LogP contribution in [0.2, 0.25) is 0 Å². The molecule has 2 amide bonds. The van der Waals surface area contributed by atoms with E-state index >= 15 is 0 Å². The fraction of sp³-hybridized carbons (Fsp3) is 0.238. The van der Waals surface area contributed by atoms with E-state index in [1.54, 1.807) is 31.2 Å². The standard InChI is InChI=1S/C21H21N5O2S/c1-15-23-24-20(29-15)19(27)22-17-9-7-16(8-10-17)21(28)26-13-11-25(12-14-26)18-5-3-2-4-6-18/h2-10H,11-14H2,1H3,(H,22,27). The average Bonchev–Trinajstić information content (AvgIpc) is 3.21. The first-order valence-electron chi connectivity index (χ1n) is 9.41. The Morgan fingerprint density at radius 3 is 2.24 bits per heavy atom. The van der Waals surface area contributed by atoms with Gasteiger partial charge in [0.1, 0.15) is 5.01 Å². The molecule has 0 saturated carbocycles. The van der Waals surface area contributed by atoms with E-state index in [2.05, 4.69) is 32.5 Å². The highest BCUT2D eigenvalue weighted by Gasteiger charge is 2.22. The molecule has 0 atom stereocenters. The number of hydrogen-bond donors (Lipinski definition) is 1. The number of para-hydroxylation sites is 1. The zero-order valence-electron chi connectivity index (χ0n) is 16.0. The number of hydrogen-bond acceptors (Lipinski definition) is 6. The van der Waals surface area contributed by atoms with E-state index in [9.17, 15) is 9.59 Å². The smallest absolute Gasteiger partial charge is 0.286 e. The molecule has 0 bridgehead atoms. The summed E-state index contributed by atoms with van der Waals surface area (Å²) in [5.41, 5.74) is 2.42. The first-order chi connectivity index (χ1) is 14.1. The summed E-state index contributed by atoms with van der Waals surface area (Å²) in [4.78, 5) is 29.1. The minimum atomic E-state index is -0.299. The summed E-state index contributed by atoms with van der Waals surface area (Å²) >= 11 is 1.24. The first kappa shape index (κ1) is 19.1. The molecule has 148 valence electrons. The molecule has 2 aromatic carbocycles. The topological polar surface area (TPSA) is 78.4 Å². The molecule has 1 aliphatic heterocycles. The quantitative estimate of drug-likeness (QED) is 0.719. The number of nitrogens with one attached hydrogen (secondary N) is 1. The van der Waals surface area contributed by atoms with Crippen molar-refractivity contribution < 1.29 is 9.59 Å². The van der Waals surface area contributed by atoms with Crippen LogP contribution in [0, 0.1) is 6.92 Å². The lowest BCUT2D eigenvalue weighted by Crippen LogP contribution is -2.48. The van der Waals surface area contributed by atoms with Crippen LogP contribution < -0.4 is 10.2 Å². The second-order valence-corrected chi connectivity index (χ2v) is 7.95. The summed E-state index contributed by atoms with van der Waals surface area (Å²) in [6, 6.07) is 17.2. The lowest BCUT2D eigenvalue weighted by Gasteiger charge is -2.36. The molecule has 3 aromatic rings. The van der Waals surface area contributed by atoms with Gasteiger partial charge in [0, 0.05) is 43.1 Å². The van der Waals surface area contributed by atoms with Gasteiger partial charge in [0.2, 0.25) is 5.01 Å². The lowest BCUT2D eigenvalue weighted by molar-refractivity contribution is 0.0746. The number of aryl methyl sites for hydroxylation is 1. The van der Waals surface area contributed by atoms with E-state index < -0.39 is 0 Å². The Hall–Kier alpha value is -3.26. The Morgan fingerprint density at radius 1 is 0.931 bits per heavy atom. The van der Waals surface area contributed by atoms with Crippen LogP contribution in [0.15, 0.2) is 54.6 Å². The van der Waals surface area contributed by atoms with Crippen LogP contribution in [-0.4, -0.2) is 53.1 Å². The van der Waals surface area contributed by atoms with E-state index in [-0.39, 0.29) is 11.8 Å². The number of piperazine rings is 1. The van der Waals surface area contributed by atoms with Gasteiger partial charge >= 0.3 is 0 Å². The molecule has 29 heavy (non-hydrogen) atoms. The van der Waals surface area contributed by atoms with Gasteiger partial charge in [-0.2, -0.15) is 0 Å². The van der Waals surface area contributed by atoms with Gasteiger partial charge in [-0.15, -0.1) is 10.2 Å². The van der Waals surface area contributed by atoms with Crippen LogP contribution >= 0.6 is 11.3 Å². The highest BCUT2D eigenvalue weighted by atomic mass is 32.1. The Kier molecular flexibility index (Phi) is 5.53. The average molecular weight is 407 g/mol. The molecule has 1 N–H and O–H groups in total. The maximum Gasteiger partial charge on any atom is 0.286 e. The second-order valence-electron chi connectivity index (χ2n) is 6.77. The SMILES string of the molecule is Cc1nnc(C(=O)Nc2ccc(C(=O)N3CCN(c4ccccc4)CC3)cc2)s1. The number of aromatic nitrogens is 2. The molecule has 4 rings (SSSR count). The molecule has 1 aliphatic rings. The summed E-state index contributed by atoms with van der Waals surface area (Å²) in [6.45, 7) is 4.79. The van der Waals surface area contributed by atoms with Gasteiger partial charge in [0.05, 0.1) is 0 Å². The molecule has 0 spiro atoms. The molecular weight excluding hydrogens is 386 g/mol. The highest BCUT2D eigenvalue weighted by molar-refractivity contribution is 7.13. The van der Waals surface area contributed by atoms with Gasteiger partial charge in [-0.05, 0) is 43.3 Å². The minimum absolute atomic E-state index is 0.00957. The zero-order valence-corrected chi connectivity index (χ0v) is 16.9. The molecular formula is C21H21N5O2S. The van der Waals surface area contributed by atoms with Crippen molar-refractivity contribution >= 4 is 34.5 Å². The third kappa shape index (κ3) is 4.43. The van der Waals surface area contributed by atoms with E-state index in [4.69, 9.17) is 0 Å². The number of carbonyl (C=O) groups is 2. The van der Waals surface area contributed by atoms with E-state index in [0.29, 0.717) is 29.3 Å². The predicted octanol–water partition coefficient (Wildman–Crippen LogP) is 3.06. The van der Waals surface area contributed by atoms with Crippen molar-refractivity contribution in [2.24, 2.45) is 0 Å². The van der Waals surface area contributed by atoms with Crippen LogP contribution in [0.4, 0.5) is 11.4 Å². The molecule has 7 nitrogen and oxygen atoms in total. The van der Waals surface area contributed by atoms with Crippen molar-refractivity contribution in [1.82, 2.24) is 15.1 Å². The number of carbonyl (C=O) groups excluding carboxylic acids is 2. The van der Waals surface area contributed by atoms with Gasteiger partial charge in [0.25, 0.3) is 11.8 Å². The van der Waals surface area contributed by atoms with E-state index in [1.807, 2.05) is 23.1 Å². The first-order valence-corrected chi connectivity index (χ1v) is 10.2. The summed E-state index contributed by atoms with van der Waals surface area (Å²) in [7, 11) is 0. The summed E-state index contributed by atoms with van der Waals surface area (Å²) in [5.74, 6) is -0.290. The third-order valence-corrected chi connectivity index (χ3v) is 5.64. The van der Waals surface area contributed by atoms with Crippen molar-refractivity contribution in [3.05, 3.63) is 70.2 Å². The van der Waals surface area contributed by atoms with E-state index in [1.165, 1.54) is 17.0 Å². The number of benzene rings is 2. The lowest BCUT2D eigenvalue weighted by atomic mass is 10.1. The van der Waals surface area contributed by atoms with Crippen LogP contribution in [0.25, 0.3) is 0 Å². The number of anilines is 2. The van der Waals surface area contributed by atoms with Gasteiger partial charge in [-0.25, -0.2) is 0 Å². The molecule has 1 fully saturated rings. The molecule has 0 radical (unpaired) electrons. The molecule has 1 aromatic heterocycles. The maximum absolute atomic E-state index is 12.8. The van der Waals surface area contributed by atoms with Gasteiger partial charge < -0.3 is 15.1 Å². The van der Waals surface area contributed by atoms with Crippen molar-refractivity contribution in [2.75, 3.05) is 36.4 Å². The summed E-state index contributed by atoms with van der Waals surface area (Å²) < 4.78 is 0. The van der Waals surface area contributed by atoms with Gasteiger partial charge in [-0.3, -0.25) is 9.59 Å². The minimum Gasteiger partial charge on any atom is -0.368 e. The van der Waals surface area contributed by atoms with Gasteiger partial charge in [0.15, 0.2) is 0 Å². The van der Waals surface area contributed by atoms with Crippen molar-refractivity contribution in [3.8, 4) is 0 Å².